The molecule has 1 heterocycles. The van der Waals surface area contributed by atoms with Crippen molar-refractivity contribution >= 4 is 0 Å². The van der Waals surface area contributed by atoms with E-state index < -0.39 is 0 Å². The van der Waals surface area contributed by atoms with Gasteiger partial charge in [0, 0.05) is 38.4 Å². The van der Waals surface area contributed by atoms with Crippen LogP contribution >= 0.6 is 0 Å². The number of hydrogen-bond donors (Lipinski definition) is 2. The molecule has 0 atom stereocenters. The smallest absolute Gasteiger partial charge is 0.0638 e. The Labute approximate surface area is 72.8 Å². The highest BCUT2D eigenvalue weighted by Crippen LogP contribution is 2.02. The fourth-order valence-electron chi connectivity index (χ4n) is 1.15. The second-order valence-electron chi connectivity index (χ2n) is 2.88. The van der Waals surface area contributed by atoms with Crippen molar-refractivity contribution in [3.63, 3.8) is 0 Å². The molecule has 0 aliphatic rings. The minimum Gasteiger partial charge on any atom is -0.329 e. The zero-order valence-electron chi connectivity index (χ0n) is 7.67. The largest absolute Gasteiger partial charge is 0.329 e. The second-order valence-corrected chi connectivity index (χ2v) is 2.88. The standard InChI is InChI=1S/C8H16N4/c1-7-8(5-10-4-3-9)6-12(2)11-7/h6,10H,3-5,9H2,1-2H3. The van der Waals surface area contributed by atoms with Gasteiger partial charge in [0.2, 0.25) is 0 Å². The maximum atomic E-state index is 5.35. The van der Waals surface area contributed by atoms with Crippen LogP contribution in [0.4, 0.5) is 0 Å². The fraction of sp³-hybridized carbons (Fsp3) is 0.625. The van der Waals surface area contributed by atoms with Gasteiger partial charge in [-0.3, -0.25) is 4.68 Å². The summed E-state index contributed by atoms with van der Waals surface area (Å²) in [5, 5.41) is 7.46. The third-order valence-corrected chi connectivity index (χ3v) is 1.75. The Balaban J connectivity index is 2.45. The average molecular weight is 168 g/mol. The van der Waals surface area contributed by atoms with Crippen LogP contribution in [0.15, 0.2) is 6.20 Å². The first-order valence-corrected chi connectivity index (χ1v) is 4.14. The maximum Gasteiger partial charge on any atom is 0.0638 e. The molecule has 0 fully saturated rings. The van der Waals surface area contributed by atoms with Gasteiger partial charge in [-0.1, -0.05) is 0 Å². The second kappa shape index (κ2) is 4.23. The molecule has 0 unspecified atom stereocenters. The number of hydrogen-bond acceptors (Lipinski definition) is 3. The van der Waals surface area contributed by atoms with Crippen molar-refractivity contribution in [3.8, 4) is 0 Å². The van der Waals surface area contributed by atoms with E-state index in [4.69, 9.17) is 5.73 Å². The van der Waals surface area contributed by atoms with E-state index in [2.05, 4.69) is 10.4 Å². The molecule has 0 radical (unpaired) electrons. The summed E-state index contributed by atoms with van der Waals surface area (Å²) in [6.45, 7) is 4.41. The minimum atomic E-state index is 0.680. The van der Waals surface area contributed by atoms with Crippen LogP contribution in [0, 0.1) is 6.92 Å². The lowest BCUT2D eigenvalue weighted by atomic mass is 10.2. The molecule has 1 aromatic rings. The molecule has 3 N–H and O–H groups in total. The van der Waals surface area contributed by atoms with Gasteiger partial charge in [-0.25, -0.2) is 0 Å². The van der Waals surface area contributed by atoms with Crippen molar-refractivity contribution in [2.75, 3.05) is 13.1 Å². The number of nitrogens with one attached hydrogen (secondary N) is 1. The van der Waals surface area contributed by atoms with Gasteiger partial charge in [-0.2, -0.15) is 5.10 Å². The average Bonchev–Trinajstić information content (AvgIpc) is 2.31. The van der Waals surface area contributed by atoms with Gasteiger partial charge in [0.15, 0.2) is 0 Å². The first-order chi connectivity index (χ1) is 5.74. The van der Waals surface area contributed by atoms with Gasteiger partial charge in [0.1, 0.15) is 0 Å². The Hall–Kier alpha value is -0.870. The number of nitrogens with two attached hydrogens (primary N) is 1. The van der Waals surface area contributed by atoms with Gasteiger partial charge in [0.05, 0.1) is 5.69 Å². The molecule has 1 aromatic heterocycles. The Bertz CT molecular complexity index is 241. The molecule has 1 rings (SSSR count). The summed E-state index contributed by atoms with van der Waals surface area (Å²) in [6.07, 6.45) is 2.03. The molecule has 0 aromatic carbocycles. The van der Waals surface area contributed by atoms with Crippen molar-refractivity contribution in [1.29, 1.82) is 0 Å². The van der Waals surface area contributed by atoms with E-state index in [-0.39, 0.29) is 0 Å². The Morgan fingerprint density at radius 1 is 1.67 bits per heavy atom. The summed E-state index contributed by atoms with van der Waals surface area (Å²) in [6, 6.07) is 0. The lowest BCUT2D eigenvalue weighted by Gasteiger charge is -1.99. The molecule has 0 aliphatic carbocycles. The Morgan fingerprint density at radius 2 is 2.42 bits per heavy atom. The number of aromatic nitrogens is 2. The molecular formula is C8H16N4. The number of rotatable bonds is 4. The fourth-order valence-corrected chi connectivity index (χ4v) is 1.15. The van der Waals surface area contributed by atoms with Crippen LogP contribution in [0.25, 0.3) is 0 Å². The molecular weight excluding hydrogens is 152 g/mol. The minimum absolute atomic E-state index is 0.680. The van der Waals surface area contributed by atoms with E-state index in [0.29, 0.717) is 6.54 Å². The summed E-state index contributed by atoms with van der Waals surface area (Å²) >= 11 is 0. The number of nitrogens with zero attached hydrogens (tertiary/aromatic N) is 2. The van der Waals surface area contributed by atoms with Crippen LogP contribution in [0.2, 0.25) is 0 Å². The van der Waals surface area contributed by atoms with E-state index in [9.17, 15) is 0 Å². The SMILES string of the molecule is Cc1nn(C)cc1CNCCN. The summed E-state index contributed by atoms with van der Waals surface area (Å²) in [4.78, 5) is 0. The molecule has 0 saturated carbocycles. The quantitative estimate of drug-likeness (QED) is 0.611. The van der Waals surface area contributed by atoms with Gasteiger partial charge < -0.3 is 11.1 Å². The van der Waals surface area contributed by atoms with E-state index in [1.165, 1.54) is 5.56 Å². The van der Waals surface area contributed by atoms with Crippen LogP contribution in [0.3, 0.4) is 0 Å². The van der Waals surface area contributed by atoms with Gasteiger partial charge >= 0.3 is 0 Å². The topological polar surface area (TPSA) is 55.9 Å². The zero-order valence-corrected chi connectivity index (χ0v) is 7.67. The molecule has 0 spiro atoms. The van der Waals surface area contributed by atoms with Gasteiger partial charge in [-0.15, -0.1) is 0 Å². The zero-order chi connectivity index (χ0) is 8.97. The van der Waals surface area contributed by atoms with Crippen molar-refractivity contribution < 1.29 is 0 Å². The van der Waals surface area contributed by atoms with Crippen molar-refractivity contribution in [2.24, 2.45) is 12.8 Å². The monoisotopic (exact) mass is 168 g/mol. The Kier molecular flexibility index (Phi) is 3.25. The molecule has 12 heavy (non-hydrogen) atoms. The maximum absolute atomic E-state index is 5.35. The van der Waals surface area contributed by atoms with Crippen LogP contribution in [-0.2, 0) is 13.6 Å². The van der Waals surface area contributed by atoms with Crippen LogP contribution in [-0.4, -0.2) is 22.9 Å². The highest BCUT2D eigenvalue weighted by atomic mass is 15.2. The van der Waals surface area contributed by atoms with E-state index >= 15 is 0 Å². The lowest BCUT2D eigenvalue weighted by molar-refractivity contribution is 0.692. The van der Waals surface area contributed by atoms with Crippen LogP contribution in [0.1, 0.15) is 11.3 Å². The van der Waals surface area contributed by atoms with E-state index in [1.54, 1.807) is 0 Å². The summed E-state index contributed by atoms with van der Waals surface area (Å²) in [7, 11) is 1.93. The van der Waals surface area contributed by atoms with E-state index in [1.807, 2.05) is 24.9 Å². The molecule has 0 amide bonds. The van der Waals surface area contributed by atoms with Crippen LogP contribution in [0.5, 0.6) is 0 Å². The summed E-state index contributed by atoms with van der Waals surface area (Å²) in [5.41, 5.74) is 7.68. The molecule has 0 bridgehead atoms. The normalized spacial score (nSPS) is 10.6. The predicted molar refractivity (Wildman–Crippen MR) is 48.7 cm³/mol. The van der Waals surface area contributed by atoms with Gasteiger partial charge in [-0.05, 0) is 6.92 Å². The molecule has 4 heteroatoms. The highest BCUT2D eigenvalue weighted by Gasteiger charge is 2.00. The van der Waals surface area contributed by atoms with E-state index in [0.717, 1.165) is 18.8 Å². The summed E-state index contributed by atoms with van der Waals surface area (Å²) in [5.74, 6) is 0. The number of aryl methyl sites for hydroxylation is 2. The summed E-state index contributed by atoms with van der Waals surface area (Å²) < 4.78 is 1.83. The van der Waals surface area contributed by atoms with Gasteiger partial charge in [0.25, 0.3) is 0 Å². The predicted octanol–water partition coefficient (Wildman–Crippen LogP) is -0.223. The van der Waals surface area contributed by atoms with Crippen LogP contribution < -0.4 is 11.1 Å². The third-order valence-electron chi connectivity index (χ3n) is 1.75. The molecule has 0 aliphatic heterocycles. The Morgan fingerprint density at radius 3 is 2.92 bits per heavy atom. The van der Waals surface area contributed by atoms with Crippen molar-refractivity contribution in [2.45, 2.75) is 13.5 Å². The lowest BCUT2D eigenvalue weighted by Crippen LogP contribution is -2.21. The molecule has 0 saturated heterocycles. The first-order valence-electron chi connectivity index (χ1n) is 4.14. The third kappa shape index (κ3) is 2.32. The highest BCUT2D eigenvalue weighted by molar-refractivity contribution is 5.14. The molecule has 68 valence electrons. The molecule has 4 nitrogen and oxygen atoms in total. The van der Waals surface area contributed by atoms with Crippen molar-refractivity contribution in [1.82, 2.24) is 15.1 Å². The van der Waals surface area contributed by atoms with Crippen molar-refractivity contribution in [3.05, 3.63) is 17.5 Å². The first kappa shape index (κ1) is 9.22.